The van der Waals surface area contributed by atoms with Crippen molar-refractivity contribution in [3.8, 4) is 0 Å². The van der Waals surface area contributed by atoms with Crippen LogP contribution in [0.5, 0.6) is 0 Å². The third kappa shape index (κ3) is 3.21. The van der Waals surface area contributed by atoms with Crippen LogP contribution >= 0.6 is 11.3 Å². The van der Waals surface area contributed by atoms with Crippen molar-refractivity contribution >= 4 is 64.5 Å². The average Bonchev–Trinajstić information content (AvgIpc) is 3.33. The monoisotopic (exact) mass is 490 g/mol. The number of anilines is 1. The summed E-state index contributed by atoms with van der Waals surface area (Å²) in [4.78, 5) is 5.40. The second-order valence-corrected chi connectivity index (χ2v) is 10.7. The Morgan fingerprint density at radius 3 is 2.27 bits per heavy atom. The zero-order valence-corrected chi connectivity index (χ0v) is 20.8. The Kier molecular flexibility index (Phi) is 4.49. The van der Waals surface area contributed by atoms with Gasteiger partial charge in [0.25, 0.3) is 0 Å². The van der Waals surface area contributed by atoms with Gasteiger partial charge in [-0.15, -0.1) is 11.3 Å². The lowest BCUT2D eigenvalue weighted by atomic mass is 9.92. The van der Waals surface area contributed by atoms with Gasteiger partial charge in [-0.3, -0.25) is 4.99 Å². The van der Waals surface area contributed by atoms with E-state index in [1.54, 1.807) is 0 Å². The minimum Gasteiger partial charge on any atom is -0.359 e. The van der Waals surface area contributed by atoms with Crippen molar-refractivity contribution in [1.29, 1.82) is 0 Å². The zero-order chi connectivity index (χ0) is 24.3. The van der Waals surface area contributed by atoms with Gasteiger partial charge in [0, 0.05) is 42.6 Å². The molecule has 0 bridgehead atoms. The first kappa shape index (κ1) is 20.7. The number of rotatable bonds is 2. The molecule has 174 valence electrons. The molecule has 7 aromatic rings. The van der Waals surface area contributed by atoms with Gasteiger partial charge in [0.2, 0.25) is 0 Å². The van der Waals surface area contributed by atoms with E-state index in [9.17, 15) is 0 Å². The minimum atomic E-state index is -0.181. The van der Waals surface area contributed by atoms with Gasteiger partial charge in [0.1, 0.15) is 6.17 Å². The van der Waals surface area contributed by atoms with Crippen LogP contribution in [0.3, 0.4) is 0 Å². The van der Waals surface area contributed by atoms with Gasteiger partial charge in [-0.05, 0) is 45.8 Å². The molecule has 6 aromatic carbocycles. The van der Waals surface area contributed by atoms with Crippen LogP contribution in [0.2, 0.25) is 0 Å². The lowest BCUT2D eigenvalue weighted by Crippen LogP contribution is -2.21. The Balaban J connectivity index is 1.37. The van der Waals surface area contributed by atoms with Gasteiger partial charge < -0.3 is 5.32 Å². The number of nitrogens with zero attached hydrogens (tertiary/aromatic N) is 1. The number of nitrogens with one attached hydrogen (secondary N) is 1. The van der Waals surface area contributed by atoms with Gasteiger partial charge in [-0.1, -0.05) is 97.1 Å². The molecule has 2 nitrogen and oxygen atoms in total. The summed E-state index contributed by atoms with van der Waals surface area (Å²) in [6, 6.07) is 43.6. The summed E-state index contributed by atoms with van der Waals surface area (Å²) in [6.45, 7) is 0. The molecule has 1 aliphatic rings. The summed E-state index contributed by atoms with van der Waals surface area (Å²) < 4.78 is 2.64. The van der Waals surface area contributed by atoms with Crippen LogP contribution in [0.4, 0.5) is 5.69 Å². The van der Waals surface area contributed by atoms with Crippen LogP contribution in [0.1, 0.15) is 22.9 Å². The van der Waals surface area contributed by atoms with Crippen molar-refractivity contribution in [3.05, 3.63) is 138 Å². The van der Waals surface area contributed by atoms with E-state index in [4.69, 9.17) is 4.99 Å². The Hall–Kier alpha value is -4.47. The SMILES string of the molecule is c1ccc(C2=NC(c3cccc4cc5c(cc34)sc3ccccc35)Nc3ccc4ccccc4c32)cc1. The molecule has 1 N–H and O–H groups in total. The largest absolute Gasteiger partial charge is 0.359 e. The van der Waals surface area contributed by atoms with E-state index in [1.165, 1.54) is 52.8 Å². The molecule has 37 heavy (non-hydrogen) atoms. The quantitative estimate of drug-likeness (QED) is 0.256. The van der Waals surface area contributed by atoms with E-state index >= 15 is 0 Å². The highest BCUT2D eigenvalue weighted by molar-refractivity contribution is 7.25. The fourth-order valence-corrected chi connectivity index (χ4v) is 6.87. The van der Waals surface area contributed by atoms with Crippen LogP contribution < -0.4 is 5.32 Å². The van der Waals surface area contributed by atoms with Gasteiger partial charge >= 0.3 is 0 Å². The smallest absolute Gasteiger partial charge is 0.146 e. The molecule has 1 aliphatic heterocycles. The molecule has 1 unspecified atom stereocenters. The van der Waals surface area contributed by atoms with Crippen molar-refractivity contribution in [2.75, 3.05) is 5.32 Å². The Morgan fingerprint density at radius 1 is 0.568 bits per heavy atom. The second kappa shape index (κ2) is 8.02. The topological polar surface area (TPSA) is 24.4 Å². The van der Waals surface area contributed by atoms with Gasteiger partial charge in [-0.25, -0.2) is 0 Å². The minimum absolute atomic E-state index is 0.181. The standard InChI is InChI=1S/C34H22N2S/c1-2-10-22(11-3-1)33-32-24-13-5-4-9-21(24)17-18-29(32)35-34(36-33)26-15-8-12-23-19-28-25-14-6-7-16-30(25)37-31(28)20-27(23)26/h1-20,34-35H. The van der Waals surface area contributed by atoms with Crippen LogP contribution in [0, 0.1) is 0 Å². The van der Waals surface area contributed by atoms with E-state index in [2.05, 4.69) is 127 Å². The highest BCUT2D eigenvalue weighted by atomic mass is 32.1. The van der Waals surface area contributed by atoms with Gasteiger partial charge in [-0.2, -0.15) is 0 Å². The van der Waals surface area contributed by atoms with Crippen molar-refractivity contribution in [2.45, 2.75) is 6.17 Å². The van der Waals surface area contributed by atoms with Crippen LogP contribution in [-0.4, -0.2) is 5.71 Å². The predicted molar refractivity (Wildman–Crippen MR) is 159 cm³/mol. The Bertz CT molecular complexity index is 2020. The molecule has 0 spiro atoms. The third-order valence-corrected chi connectivity index (χ3v) is 8.60. The van der Waals surface area contributed by atoms with E-state index < -0.39 is 0 Å². The third-order valence-electron chi connectivity index (χ3n) is 7.47. The van der Waals surface area contributed by atoms with Crippen molar-refractivity contribution in [1.82, 2.24) is 0 Å². The van der Waals surface area contributed by atoms with Gasteiger partial charge in [0.15, 0.2) is 0 Å². The number of hydrogen-bond acceptors (Lipinski definition) is 3. The first-order valence-electron chi connectivity index (χ1n) is 12.6. The number of aliphatic imine (C=N–C) groups is 1. The maximum Gasteiger partial charge on any atom is 0.146 e. The molecule has 1 atom stereocenters. The molecule has 0 saturated heterocycles. The van der Waals surface area contributed by atoms with Crippen molar-refractivity contribution in [2.24, 2.45) is 4.99 Å². The lowest BCUT2D eigenvalue weighted by Gasteiger charge is -2.28. The van der Waals surface area contributed by atoms with E-state index in [1.807, 2.05) is 11.3 Å². The molecule has 0 amide bonds. The average molecular weight is 491 g/mol. The van der Waals surface area contributed by atoms with Gasteiger partial charge in [0.05, 0.1) is 5.71 Å². The predicted octanol–water partition coefficient (Wildman–Crippen LogP) is 9.32. The number of benzene rings is 6. The zero-order valence-electron chi connectivity index (χ0n) is 20.0. The maximum absolute atomic E-state index is 5.40. The van der Waals surface area contributed by atoms with E-state index in [0.29, 0.717) is 0 Å². The molecule has 0 saturated carbocycles. The summed E-state index contributed by atoms with van der Waals surface area (Å²) in [5.41, 5.74) is 5.67. The summed E-state index contributed by atoms with van der Waals surface area (Å²) >= 11 is 1.86. The number of thiophene rings is 1. The van der Waals surface area contributed by atoms with E-state index in [0.717, 1.165) is 17.0 Å². The molecule has 3 heteroatoms. The molecular formula is C34H22N2S. The fourth-order valence-electron chi connectivity index (χ4n) is 5.74. The fraction of sp³-hybridized carbons (Fsp3) is 0.0294. The summed E-state index contributed by atoms with van der Waals surface area (Å²) in [5.74, 6) is 0. The maximum atomic E-state index is 5.40. The Labute approximate surface area is 218 Å². The summed E-state index contributed by atoms with van der Waals surface area (Å²) in [5, 5.41) is 11.4. The summed E-state index contributed by atoms with van der Waals surface area (Å²) in [7, 11) is 0. The number of fused-ring (bicyclic) bond motifs is 7. The highest BCUT2D eigenvalue weighted by Gasteiger charge is 2.25. The molecular weight excluding hydrogens is 468 g/mol. The van der Waals surface area contributed by atoms with E-state index in [-0.39, 0.29) is 6.17 Å². The molecule has 0 radical (unpaired) electrons. The second-order valence-electron chi connectivity index (χ2n) is 9.61. The van der Waals surface area contributed by atoms with Crippen LogP contribution in [-0.2, 0) is 0 Å². The van der Waals surface area contributed by atoms with Crippen LogP contribution in [0.15, 0.2) is 126 Å². The summed E-state index contributed by atoms with van der Waals surface area (Å²) in [6.07, 6.45) is -0.181. The molecule has 2 heterocycles. The Morgan fingerprint density at radius 2 is 1.35 bits per heavy atom. The first-order chi connectivity index (χ1) is 18.3. The normalized spacial score (nSPS) is 15.1. The number of hydrogen-bond donors (Lipinski definition) is 1. The molecule has 0 fully saturated rings. The first-order valence-corrected chi connectivity index (χ1v) is 13.4. The van der Waals surface area contributed by atoms with Crippen molar-refractivity contribution < 1.29 is 0 Å². The highest BCUT2D eigenvalue weighted by Crippen LogP contribution is 2.41. The molecule has 0 aliphatic carbocycles. The van der Waals surface area contributed by atoms with Crippen LogP contribution in [0.25, 0.3) is 41.7 Å². The molecule has 1 aromatic heterocycles. The lowest BCUT2D eigenvalue weighted by molar-refractivity contribution is 0.837. The molecule has 8 rings (SSSR count). The van der Waals surface area contributed by atoms with Crippen molar-refractivity contribution in [3.63, 3.8) is 0 Å².